The summed E-state index contributed by atoms with van der Waals surface area (Å²) in [6, 6.07) is 11.4. The van der Waals surface area contributed by atoms with Gasteiger partial charge in [-0.15, -0.1) is 0 Å². The molecule has 0 bridgehead atoms. The van der Waals surface area contributed by atoms with Crippen LogP contribution in [0.25, 0.3) is 5.76 Å². The average Bonchev–Trinajstić information content (AvgIpc) is 3.18. The van der Waals surface area contributed by atoms with Crippen LogP contribution >= 0.6 is 0 Å². The highest BCUT2D eigenvalue weighted by Gasteiger charge is 2.45. The number of hydrogen-bond acceptors (Lipinski definition) is 8. The van der Waals surface area contributed by atoms with Gasteiger partial charge in [-0.1, -0.05) is 12.1 Å². The molecule has 0 radical (unpaired) electrons. The molecule has 37 heavy (non-hydrogen) atoms. The van der Waals surface area contributed by atoms with E-state index < -0.39 is 17.7 Å². The minimum atomic E-state index is -0.728. The first kappa shape index (κ1) is 26.5. The van der Waals surface area contributed by atoms with Gasteiger partial charge in [0, 0.05) is 31.7 Å². The SMILES string of the molecule is CCOc1ccc([C@H]2/C(=C(\O)c3ccc(OC)c(OC)c3)C(=O)C(=O)N2CCCN2CCOCC2)cc1. The fourth-order valence-electron chi connectivity index (χ4n) is 4.80. The summed E-state index contributed by atoms with van der Waals surface area (Å²) in [5, 5.41) is 11.3. The lowest BCUT2D eigenvalue weighted by molar-refractivity contribution is -0.140. The van der Waals surface area contributed by atoms with Crippen molar-refractivity contribution in [2.45, 2.75) is 19.4 Å². The molecule has 2 saturated heterocycles. The first-order valence-electron chi connectivity index (χ1n) is 12.5. The summed E-state index contributed by atoms with van der Waals surface area (Å²) in [7, 11) is 3.01. The fourth-order valence-corrected chi connectivity index (χ4v) is 4.80. The van der Waals surface area contributed by atoms with Crippen molar-refractivity contribution in [1.29, 1.82) is 0 Å². The van der Waals surface area contributed by atoms with E-state index in [0.29, 0.717) is 55.6 Å². The standard InChI is InChI=1S/C28H34N2O7/c1-4-37-21-9-6-19(7-10-21)25-24(26(31)20-8-11-22(34-2)23(18-20)35-3)27(32)28(33)30(25)13-5-12-29-14-16-36-17-15-29/h6-11,18,25,31H,4-5,12-17H2,1-3H3/b26-24+/t25-/m0/s1. The number of hydrogen-bond donors (Lipinski definition) is 1. The molecule has 1 amide bonds. The quantitative estimate of drug-likeness (QED) is 0.296. The Hall–Kier alpha value is -3.56. The van der Waals surface area contributed by atoms with Crippen LogP contribution in [0.2, 0.25) is 0 Å². The Kier molecular flexibility index (Phi) is 8.68. The molecule has 2 aliphatic heterocycles. The second-order valence-electron chi connectivity index (χ2n) is 8.87. The number of rotatable bonds is 10. The summed E-state index contributed by atoms with van der Waals surface area (Å²) in [5.41, 5.74) is 1.13. The highest BCUT2D eigenvalue weighted by atomic mass is 16.5. The molecular weight excluding hydrogens is 476 g/mol. The fraction of sp³-hybridized carbons (Fsp3) is 0.429. The molecular formula is C28H34N2O7. The lowest BCUT2D eigenvalue weighted by atomic mass is 9.95. The number of amides is 1. The van der Waals surface area contributed by atoms with Gasteiger partial charge in [-0.25, -0.2) is 0 Å². The van der Waals surface area contributed by atoms with Crippen LogP contribution in [0.4, 0.5) is 0 Å². The Bertz CT molecular complexity index is 1140. The van der Waals surface area contributed by atoms with Crippen molar-refractivity contribution in [2.75, 3.05) is 60.2 Å². The van der Waals surface area contributed by atoms with Crippen LogP contribution < -0.4 is 14.2 Å². The normalized spacial score (nSPS) is 19.8. The number of aliphatic hydroxyl groups excluding tert-OH is 1. The van der Waals surface area contributed by atoms with Crippen molar-refractivity contribution in [2.24, 2.45) is 0 Å². The molecule has 2 heterocycles. The van der Waals surface area contributed by atoms with Crippen LogP contribution in [0.3, 0.4) is 0 Å². The molecule has 0 saturated carbocycles. The number of benzene rings is 2. The number of methoxy groups -OCH3 is 2. The minimum Gasteiger partial charge on any atom is -0.507 e. The van der Waals surface area contributed by atoms with E-state index >= 15 is 0 Å². The van der Waals surface area contributed by atoms with Gasteiger partial charge in [-0.2, -0.15) is 0 Å². The summed E-state index contributed by atoms with van der Waals surface area (Å²) < 4.78 is 21.6. The van der Waals surface area contributed by atoms with Crippen molar-refractivity contribution in [1.82, 2.24) is 9.80 Å². The van der Waals surface area contributed by atoms with Gasteiger partial charge in [0.2, 0.25) is 0 Å². The molecule has 9 nitrogen and oxygen atoms in total. The van der Waals surface area contributed by atoms with E-state index in [4.69, 9.17) is 18.9 Å². The van der Waals surface area contributed by atoms with Gasteiger partial charge >= 0.3 is 0 Å². The maximum Gasteiger partial charge on any atom is 0.295 e. The molecule has 0 unspecified atom stereocenters. The van der Waals surface area contributed by atoms with Crippen molar-refractivity contribution < 1.29 is 33.6 Å². The highest BCUT2D eigenvalue weighted by molar-refractivity contribution is 6.46. The Morgan fingerprint density at radius 2 is 1.70 bits per heavy atom. The van der Waals surface area contributed by atoms with Gasteiger partial charge in [0.05, 0.1) is 45.7 Å². The van der Waals surface area contributed by atoms with Crippen molar-refractivity contribution in [3.8, 4) is 17.2 Å². The molecule has 2 aliphatic rings. The third-order valence-corrected chi connectivity index (χ3v) is 6.68. The van der Waals surface area contributed by atoms with Crippen molar-refractivity contribution >= 4 is 17.4 Å². The third kappa shape index (κ3) is 5.73. The molecule has 2 aromatic carbocycles. The van der Waals surface area contributed by atoms with Crippen LogP contribution in [-0.2, 0) is 14.3 Å². The van der Waals surface area contributed by atoms with E-state index in [-0.39, 0.29) is 11.3 Å². The minimum absolute atomic E-state index is 0.0488. The first-order valence-corrected chi connectivity index (χ1v) is 12.5. The Labute approximate surface area is 217 Å². The summed E-state index contributed by atoms with van der Waals surface area (Å²) >= 11 is 0. The number of ether oxygens (including phenoxy) is 4. The van der Waals surface area contributed by atoms with Gasteiger partial charge < -0.3 is 29.0 Å². The Balaban J connectivity index is 1.70. The number of likely N-dealkylation sites (tertiary alicyclic amines) is 1. The molecule has 9 heteroatoms. The zero-order valence-electron chi connectivity index (χ0n) is 21.6. The van der Waals surface area contributed by atoms with E-state index in [1.54, 1.807) is 23.1 Å². The number of aliphatic hydroxyl groups is 1. The smallest absolute Gasteiger partial charge is 0.295 e. The Morgan fingerprint density at radius 3 is 2.35 bits per heavy atom. The maximum atomic E-state index is 13.3. The number of Topliss-reactive ketones (excluding diaryl/α,β-unsaturated/α-hetero) is 1. The third-order valence-electron chi connectivity index (χ3n) is 6.68. The predicted octanol–water partition coefficient (Wildman–Crippen LogP) is 3.25. The van der Waals surface area contributed by atoms with E-state index in [0.717, 1.165) is 25.2 Å². The largest absolute Gasteiger partial charge is 0.507 e. The summed E-state index contributed by atoms with van der Waals surface area (Å²) in [5.74, 6) is -0.000656. The molecule has 1 atom stereocenters. The number of carbonyl (C=O) groups is 2. The molecule has 4 rings (SSSR count). The number of nitrogens with zero attached hydrogens (tertiary/aromatic N) is 2. The van der Waals surface area contributed by atoms with Crippen LogP contribution in [0.5, 0.6) is 17.2 Å². The molecule has 0 aromatic heterocycles. The molecule has 1 N–H and O–H groups in total. The van der Waals surface area contributed by atoms with Gasteiger partial charge in [0.25, 0.3) is 11.7 Å². The molecule has 2 fully saturated rings. The monoisotopic (exact) mass is 510 g/mol. The summed E-state index contributed by atoms with van der Waals surface area (Å²) in [6.07, 6.45) is 0.691. The molecule has 198 valence electrons. The second kappa shape index (κ2) is 12.1. The van der Waals surface area contributed by atoms with Crippen LogP contribution in [-0.4, -0.2) is 86.8 Å². The lowest BCUT2D eigenvalue weighted by Crippen LogP contribution is -2.38. The van der Waals surface area contributed by atoms with Gasteiger partial charge in [-0.3, -0.25) is 14.5 Å². The van der Waals surface area contributed by atoms with Crippen molar-refractivity contribution in [3.05, 3.63) is 59.2 Å². The number of ketones is 1. The van der Waals surface area contributed by atoms with Crippen molar-refractivity contribution in [3.63, 3.8) is 0 Å². The maximum absolute atomic E-state index is 13.3. The Morgan fingerprint density at radius 1 is 1.00 bits per heavy atom. The zero-order valence-corrected chi connectivity index (χ0v) is 21.6. The molecule has 0 spiro atoms. The van der Waals surface area contributed by atoms with E-state index in [9.17, 15) is 14.7 Å². The molecule has 2 aromatic rings. The second-order valence-corrected chi connectivity index (χ2v) is 8.87. The summed E-state index contributed by atoms with van der Waals surface area (Å²) in [4.78, 5) is 30.4. The molecule has 0 aliphatic carbocycles. The summed E-state index contributed by atoms with van der Waals surface area (Å²) in [6.45, 7) is 6.69. The van der Waals surface area contributed by atoms with E-state index in [2.05, 4.69) is 4.90 Å². The number of carbonyl (C=O) groups excluding carboxylic acids is 2. The highest BCUT2D eigenvalue weighted by Crippen LogP contribution is 2.41. The van der Waals surface area contributed by atoms with Crippen LogP contribution in [0, 0.1) is 0 Å². The van der Waals surface area contributed by atoms with Crippen LogP contribution in [0.15, 0.2) is 48.0 Å². The predicted molar refractivity (Wildman–Crippen MR) is 138 cm³/mol. The van der Waals surface area contributed by atoms with E-state index in [1.165, 1.54) is 14.2 Å². The van der Waals surface area contributed by atoms with Gasteiger partial charge in [-0.05, 0) is 49.2 Å². The average molecular weight is 511 g/mol. The lowest BCUT2D eigenvalue weighted by Gasteiger charge is -2.29. The first-order chi connectivity index (χ1) is 18.0. The van der Waals surface area contributed by atoms with Gasteiger partial charge in [0.1, 0.15) is 11.5 Å². The van der Waals surface area contributed by atoms with Crippen LogP contribution in [0.1, 0.15) is 30.5 Å². The zero-order chi connectivity index (χ0) is 26.4. The van der Waals surface area contributed by atoms with E-state index in [1.807, 2.05) is 31.2 Å². The van der Waals surface area contributed by atoms with Gasteiger partial charge in [0.15, 0.2) is 11.5 Å². The number of morpholine rings is 1. The topological polar surface area (TPSA) is 97.8 Å².